The van der Waals surface area contributed by atoms with Gasteiger partial charge in [0.25, 0.3) is 0 Å². The van der Waals surface area contributed by atoms with E-state index in [2.05, 4.69) is 39.9 Å². The molecule has 0 fully saturated rings. The molecule has 0 saturated heterocycles. The van der Waals surface area contributed by atoms with Crippen molar-refractivity contribution in [3.63, 3.8) is 0 Å². The van der Waals surface area contributed by atoms with Crippen molar-refractivity contribution in [2.45, 2.75) is 66.3 Å². The summed E-state index contributed by atoms with van der Waals surface area (Å²) in [5.74, 6) is 0. The molecule has 0 aliphatic heterocycles. The third-order valence-corrected chi connectivity index (χ3v) is 2.22. The van der Waals surface area contributed by atoms with Gasteiger partial charge in [-0.05, 0) is 18.8 Å². The summed E-state index contributed by atoms with van der Waals surface area (Å²) >= 11 is 0. The smallest absolute Gasteiger partial charge is 0.00389 e. The fraction of sp³-hybridized carbons (Fsp3) is 1.00. The van der Waals surface area contributed by atoms with Gasteiger partial charge >= 0.3 is 0 Å². The summed E-state index contributed by atoms with van der Waals surface area (Å²) < 4.78 is 0. The van der Waals surface area contributed by atoms with Crippen molar-refractivity contribution in [2.24, 2.45) is 5.41 Å². The van der Waals surface area contributed by atoms with Crippen LogP contribution >= 0.6 is 0 Å². The van der Waals surface area contributed by atoms with Crippen molar-refractivity contribution in [1.29, 1.82) is 0 Å². The van der Waals surface area contributed by atoms with Gasteiger partial charge < -0.3 is 5.32 Å². The Labute approximate surface area is 84.3 Å². The summed E-state index contributed by atoms with van der Waals surface area (Å²) in [6.45, 7) is 12.5. The average molecular weight is 185 g/mol. The lowest BCUT2D eigenvalue weighted by Gasteiger charge is -2.22. The summed E-state index contributed by atoms with van der Waals surface area (Å²) in [4.78, 5) is 0. The topological polar surface area (TPSA) is 12.0 Å². The van der Waals surface area contributed by atoms with E-state index in [-0.39, 0.29) is 0 Å². The van der Waals surface area contributed by atoms with E-state index in [1.54, 1.807) is 0 Å². The molecule has 0 amide bonds. The van der Waals surface area contributed by atoms with Gasteiger partial charge in [0.1, 0.15) is 0 Å². The van der Waals surface area contributed by atoms with Crippen LogP contribution in [0.25, 0.3) is 0 Å². The molecule has 0 bridgehead atoms. The molecular weight excluding hydrogens is 158 g/mol. The molecule has 0 aromatic carbocycles. The number of unbranched alkanes of at least 4 members (excludes halogenated alkanes) is 2. The molecule has 0 saturated carbocycles. The first kappa shape index (κ1) is 13.0. The molecular formula is C12H27N. The zero-order chi connectivity index (χ0) is 10.3. The standard InChI is InChI=1S/C12H27N/c1-6-7-8-9-11(2)13-10-12(3,4)5/h11,13H,6-10H2,1-5H3. The quantitative estimate of drug-likeness (QED) is 0.624. The molecule has 0 aliphatic carbocycles. The van der Waals surface area contributed by atoms with Crippen LogP contribution in [-0.2, 0) is 0 Å². The maximum atomic E-state index is 3.58. The van der Waals surface area contributed by atoms with E-state index in [0.717, 1.165) is 6.54 Å². The first-order valence-electron chi connectivity index (χ1n) is 5.69. The van der Waals surface area contributed by atoms with Crippen LogP contribution in [0.3, 0.4) is 0 Å². The first-order valence-corrected chi connectivity index (χ1v) is 5.69. The monoisotopic (exact) mass is 185 g/mol. The number of nitrogens with one attached hydrogen (secondary N) is 1. The van der Waals surface area contributed by atoms with Crippen molar-refractivity contribution in [1.82, 2.24) is 5.32 Å². The fourth-order valence-electron chi connectivity index (χ4n) is 1.28. The third kappa shape index (κ3) is 9.88. The lowest BCUT2D eigenvalue weighted by molar-refractivity contribution is 0.347. The second kappa shape index (κ2) is 6.42. The fourth-order valence-corrected chi connectivity index (χ4v) is 1.28. The van der Waals surface area contributed by atoms with E-state index in [1.165, 1.54) is 25.7 Å². The summed E-state index contributed by atoms with van der Waals surface area (Å²) in [6, 6.07) is 0.686. The summed E-state index contributed by atoms with van der Waals surface area (Å²) in [5.41, 5.74) is 0.416. The highest BCUT2D eigenvalue weighted by Crippen LogP contribution is 2.11. The molecule has 1 nitrogen and oxygen atoms in total. The van der Waals surface area contributed by atoms with E-state index in [1.807, 2.05) is 0 Å². The minimum Gasteiger partial charge on any atom is -0.314 e. The molecule has 80 valence electrons. The Morgan fingerprint density at radius 2 is 1.77 bits per heavy atom. The van der Waals surface area contributed by atoms with Gasteiger partial charge in [0, 0.05) is 12.6 Å². The number of hydrogen-bond donors (Lipinski definition) is 1. The second-order valence-electron chi connectivity index (χ2n) is 5.34. The van der Waals surface area contributed by atoms with Crippen molar-refractivity contribution in [3.05, 3.63) is 0 Å². The molecule has 0 rings (SSSR count). The van der Waals surface area contributed by atoms with Crippen LogP contribution in [0, 0.1) is 5.41 Å². The lowest BCUT2D eigenvalue weighted by atomic mass is 9.96. The Balaban J connectivity index is 3.35. The Kier molecular flexibility index (Phi) is 6.40. The van der Waals surface area contributed by atoms with Crippen LogP contribution < -0.4 is 5.32 Å². The van der Waals surface area contributed by atoms with Crippen molar-refractivity contribution >= 4 is 0 Å². The van der Waals surface area contributed by atoms with E-state index in [4.69, 9.17) is 0 Å². The van der Waals surface area contributed by atoms with Crippen molar-refractivity contribution in [2.75, 3.05) is 6.54 Å². The van der Waals surface area contributed by atoms with Crippen LogP contribution in [0.2, 0.25) is 0 Å². The van der Waals surface area contributed by atoms with Gasteiger partial charge in [-0.25, -0.2) is 0 Å². The van der Waals surface area contributed by atoms with Crippen LogP contribution in [0.15, 0.2) is 0 Å². The molecule has 13 heavy (non-hydrogen) atoms. The molecule has 1 heteroatoms. The van der Waals surface area contributed by atoms with Crippen molar-refractivity contribution in [3.8, 4) is 0 Å². The molecule has 0 aromatic heterocycles. The zero-order valence-corrected chi connectivity index (χ0v) is 10.1. The highest BCUT2D eigenvalue weighted by Gasteiger charge is 2.10. The van der Waals surface area contributed by atoms with Gasteiger partial charge in [0.15, 0.2) is 0 Å². The lowest BCUT2D eigenvalue weighted by Crippen LogP contribution is -2.33. The molecule has 1 N–H and O–H groups in total. The molecule has 0 aromatic rings. The van der Waals surface area contributed by atoms with Gasteiger partial charge in [-0.2, -0.15) is 0 Å². The number of hydrogen-bond acceptors (Lipinski definition) is 1. The molecule has 1 atom stereocenters. The zero-order valence-electron chi connectivity index (χ0n) is 10.1. The van der Waals surface area contributed by atoms with Crippen LogP contribution in [0.1, 0.15) is 60.3 Å². The highest BCUT2D eigenvalue weighted by molar-refractivity contribution is 4.68. The summed E-state index contributed by atoms with van der Waals surface area (Å²) in [7, 11) is 0. The minimum absolute atomic E-state index is 0.416. The largest absolute Gasteiger partial charge is 0.314 e. The van der Waals surface area contributed by atoms with Crippen LogP contribution in [0.5, 0.6) is 0 Å². The predicted molar refractivity (Wildman–Crippen MR) is 61.1 cm³/mol. The maximum Gasteiger partial charge on any atom is 0.00389 e. The molecule has 1 unspecified atom stereocenters. The minimum atomic E-state index is 0.416. The molecule has 0 spiro atoms. The third-order valence-electron chi connectivity index (χ3n) is 2.22. The normalized spacial score (nSPS) is 14.5. The summed E-state index contributed by atoms with van der Waals surface area (Å²) in [5, 5.41) is 3.58. The van der Waals surface area contributed by atoms with E-state index in [9.17, 15) is 0 Å². The highest BCUT2D eigenvalue weighted by atomic mass is 14.9. The first-order chi connectivity index (χ1) is 5.95. The van der Waals surface area contributed by atoms with Gasteiger partial charge in [-0.15, -0.1) is 0 Å². The van der Waals surface area contributed by atoms with Gasteiger partial charge in [-0.1, -0.05) is 47.0 Å². The second-order valence-corrected chi connectivity index (χ2v) is 5.34. The van der Waals surface area contributed by atoms with Crippen LogP contribution in [-0.4, -0.2) is 12.6 Å². The van der Waals surface area contributed by atoms with Gasteiger partial charge in [0.05, 0.1) is 0 Å². The molecule has 0 heterocycles. The Morgan fingerprint density at radius 1 is 1.15 bits per heavy atom. The Hall–Kier alpha value is -0.0400. The summed E-state index contributed by atoms with van der Waals surface area (Å²) in [6.07, 6.45) is 5.40. The SMILES string of the molecule is CCCCCC(C)NCC(C)(C)C. The van der Waals surface area contributed by atoms with Crippen LogP contribution in [0.4, 0.5) is 0 Å². The predicted octanol–water partition coefficient (Wildman–Crippen LogP) is 3.59. The number of rotatable bonds is 6. The Morgan fingerprint density at radius 3 is 2.23 bits per heavy atom. The Bertz CT molecular complexity index is 113. The van der Waals surface area contributed by atoms with E-state index >= 15 is 0 Å². The molecule has 0 aliphatic rings. The van der Waals surface area contributed by atoms with E-state index < -0.39 is 0 Å². The van der Waals surface area contributed by atoms with Crippen molar-refractivity contribution < 1.29 is 0 Å². The van der Waals surface area contributed by atoms with Gasteiger partial charge in [0.2, 0.25) is 0 Å². The maximum absolute atomic E-state index is 3.58. The van der Waals surface area contributed by atoms with Gasteiger partial charge in [-0.3, -0.25) is 0 Å². The average Bonchev–Trinajstić information content (AvgIpc) is 2.00. The molecule has 0 radical (unpaired) electrons. The van der Waals surface area contributed by atoms with E-state index in [0.29, 0.717) is 11.5 Å².